The van der Waals surface area contributed by atoms with E-state index in [9.17, 15) is 0 Å². The van der Waals surface area contributed by atoms with E-state index in [1.54, 1.807) is 18.7 Å². The molecule has 4 heteroatoms. The molecule has 2 aromatic rings. The van der Waals surface area contributed by atoms with Gasteiger partial charge < -0.3 is 10.2 Å². The summed E-state index contributed by atoms with van der Waals surface area (Å²) >= 11 is 3.36. The molecule has 2 aromatic heterocycles. The lowest BCUT2D eigenvalue weighted by Crippen LogP contribution is -1.95. The van der Waals surface area contributed by atoms with Gasteiger partial charge in [0.05, 0.1) is 6.26 Å². The van der Waals surface area contributed by atoms with E-state index >= 15 is 0 Å². The average Bonchev–Trinajstić information content (AvgIpc) is 2.65. The van der Waals surface area contributed by atoms with Gasteiger partial charge in [-0.05, 0) is 28.1 Å². The summed E-state index contributed by atoms with van der Waals surface area (Å²) in [5.74, 6) is 0.793. The zero-order chi connectivity index (χ0) is 9.97. The van der Waals surface area contributed by atoms with E-state index in [4.69, 9.17) is 10.2 Å². The SMILES string of the molecule is NCc1ccoc1-c1cncc(Br)c1. The second-order valence-corrected chi connectivity index (χ2v) is 3.79. The van der Waals surface area contributed by atoms with E-state index in [-0.39, 0.29) is 0 Å². The molecular weight excluding hydrogens is 244 g/mol. The summed E-state index contributed by atoms with van der Waals surface area (Å²) in [5.41, 5.74) is 7.50. The molecule has 2 N–H and O–H groups in total. The van der Waals surface area contributed by atoms with Crippen LogP contribution in [0.25, 0.3) is 11.3 Å². The smallest absolute Gasteiger partial charge is 0.139 e. The number of nitrogens with two attached hydrogens (primary N) is 1. The van der Waals surface area contributed by atoms with Crippen molar-refractivity contribution in [3.05, 3.63) is 40.8 Å². The van der Waals surface area contributed by atoms with Gasteiger partial charge in [-0.15, -0.1) is 0 Å². The summed E-state index contributed by atoms with van der Waals surface area (Å²) in [4.78, 5) is 4.07. The van der Waals surface area contributed by atoms with E-state index < -0.39 is 0 Å². The molecule has 3 nitrogen and oxygen atoms in total. The predicted molar refractivity (Wildman–Crippen MR) is 57.5 cm³/mol. The number of halogens is 1. The molecule has 72 valence electrons. The lowest BCUT2D eigenvalue weighted by molar-refractivity contribution is 0.579. The minimum absolute atomic E-state index is 0.471. The van der Waals surface area contributed by atoms with Gasteiger partial charge in [0.1, 0.15) is 5.76 Å². The number of nitrogens with zero attached hydrogens (tertiary/aromatic N) is 1. The Morgan fingerprint density at radius 3 is 3.00 bits per heavy atom. The molecule has 0 amide bonds. The molecule has 0 aliphatic heterocycles. The van der Waals surface area contributed by atoms with Gasteiger partial charge >= 0.3 is 0 Å². The molecule has 2 heterocycles. The first-order valence-corrected chi connectivity index (χ1v) is 4.98. The Hall–Kier alpha value is -1.13. The third kappa shape index (κ3) is 1.71. The molecule has 0 atom stereocenters. The Labute approximate surface area is 90.1 Å². The van der Waals surface area contributed by atoms with E-state index in [1.165, 1.54) is 0 Å². The maximum absolute atomic E-state index is 5.58. The number of rotatable bonds is 2. The number of pyridine rings is 1. The lowest BCUT2D eigenvalue weighted by Gasteiger charge is -1.99. The Morgan fingerprint density at radius 2 is 2.29 bits per heavy atom. The molecule has 0 aliphatic carbocycles. The minimum Gasteiger partial charge on any atom is -0.464 e. The van der Waals surface area contributed by atoms with Crippen LogP contribution in [0.3, 0.4) is 0 Å². The van der Waals surface area contributed by atoms with Crippen molar-refractivity contribution < 1.29 is 4.42 Å². The maximum Gasteiger partial charge on any atom is 0.139 e. The van der Waals surface area contributed by atoms with Crippen LogP contribution in [0.2, 0.25) is 0 Å². The highest BCUT2D eigenvalue weighted by atomic mass is 79.9. The van der Waals surface area contributed by atoms with Crippen LogP contribution < -0.4 is 5.73 Å². The average molecular weight is 253 g/mol. The third-order valence-electron chi connectivity index (χ3n) is 1.93. The summed E-state index contributed by atoms with van der Waals surface area (Å²) in [6, 6.07) is 3.82. The van der Waals surface area contributed by atoms with Gasteiger partial charge in [0.2, 0.25) is 0 Å². The van der Waals surface area contributed by atoms with Gasteiger partial charge in [0.25, 0.3) is 0 Å². The van der Waals surface area contributed by atoms with Crippen LogP contribution in [-0.2, 0) is 6.54 Å². The van der Waals surface area contributed by atoms with Crippen molar-refractivity contribution in [1.29, 1.82) is 0 Å². The summed E-state index contributed by atoms with van der Waals surface area (Å²) in [5, 5.41) is 0. The van der Waals surface area contributed by atoms with Crippen molar-refractivity contribution in [3.8, 4) is 11.3 Å². The number of aromatic nitrogens is 1. The van der Waals surface area contributed by atoms with Crippen molar-refractivity contribution in [2.24, 2.45) is 5.73 Å². The minimum atomic E-state index is 0.471. The molecule has 0 radical (unpaired) electrons. The predicted octanol–water partition coefficient (Wildman–Crippen LogP) is 2.56. The first-order valence-electron chi connectivity index (χ1n) is 4.18. The van der Waals surface area contributed by atoms with Crippen LogP contribution in [0.1, 0.15) is 5.56 Å². The largest absolute Gasteiger partial charge is 0.464 e. The van der Waals surface area contributed by atoms with E-state index in [0.29, 0.717) is 6.54 Å². The fraction of sp³-hybridized carbons (Fsp3) is 0.100. The Bertz CT molecular complexity index is 439. The Morgan fingerprint density at radius 1 is 1.43 bits per heavy atom. The number of furan rings is 1. The standard InChI is InChI=1S/C10H9BrN2O/c11-9-3-8(5-13-6-9)10-7(4-12)1-2-14-10/h1-3,5-6H,4,12H2. The van der Waals surface area contributed by atoms with Crippen molar-refractivity contribution in [3.63, 3.8) is 0 Å². The van der Waals surface area contributed by atoms with Crippen LogP contribution in [0, 0.1) is 0 Å². The summed E-state index contributed by atoms with van der Waals surface area (Å²) in [7, 11) is 0. The highest BCUT2D eigenvalue weighted by Gasteiger charge is 2.07. The molecule has 0 unspecified atom stereocenters. The zero-order valence-corrected chi connectivity index (χ0v) is 8.99. The molecule has 0 saturated carbocycles. The third-order valence-corrected chi connectivity index (χ3v) is 2.37. The molecule has 14 heavy (non-hydrogen) atoms. The second-order valence-electron chi connectivity index (χ2n) is 2.87. The van der Waals surface area contributed by atoms with Crippen LogP contribution in [0.4, 0.5) is 0 Å². The second kappa shape index (κ2) is 3.94. The topological polar surface area (TPSA) is 52.0 Å². The van der Waals surface area contributed by atoms with E-state index in [1.807, 2.05) is 12.1 Å². The molecule has 2 rings (SSSR count). The molecule has 0 aliphatic rings. The monoisotopic (exact) mass is 252 g/mol. The Kier molecular flexibility index (Phi) is 2.65. The molecule has 0 fully saturated rings. The number of hydrogen-bond acceptors (Lipinski definition) is 3. The normalized spacial score (nSPS) is 10.4. The quantitative estimate of drug-likeness (QED) is 0.894. The van der Waals surface area contributed by atoms with E-state index in [2.05, 4.69) is 20.9 Å². The van der Waals surface area contributed by atoms with Crippen LogP contribution in [0.15, 0.2) is 39.7 Å². The lowest BCUT2D eigenvalue weighted by atomic mass is 10.1. The molecular formula is C10H9BrN2O. The van der Waals surface area contributed by atoms with Gasteiger partial charge in [-0.1, -0.05) is 0 Å². The van der Waals surface area contributed by atoms with Gasteiger partial charge in [0.15, 0.2) is 0 Å². The molecule has 0 spiro atoms. The van der Waals surface area contributed by atoms with Crippen LogP contribution in [-0.4, -0.2) is 4.98 Å². The van der Waals surface area contributed by atoms with Crippen molar-refractivity contribution >= 4 is 15.9 Å². The van der Waals surface area contributed by atoms with Crippen molar-refractivity contribution in [2.75, 3.05) is 0 Å². The van der Waals surface area contributed by atoms with Gasteiger partial charge in [-0.25, -0.2) is 0 Å². The van der Waals surface area contributed by atoms with Crippen molar-refractivity contribution in [2.45, 2.75) is 6.54 Å². The first-order chi connectivity index (χ1) is 6.81. The Balaban J connectivity index is 2.49. The van der Waals surface area contributed by atoms with E-state index in [0.717, 1.165) is 21.4 Å². The van der Waals surface area contributed by atoms with Crippen LogP contribution >= 0.6 is 15.9 Å². The fourth-order valence-electron chi connectivity index (χ4n) is 1.29. The molecule has 0 aromatic carbocycles. The van der Waals surface area contributed by atoms with Crippen LogP contribution in [0.5, 0.6) is 0 Å². The zero-order valence-electron chi connectivity index (χ0n) is 7.40. The summed E-state index contributed by atoms with van der Waals surface area (Å²) in [6.45, 7) is 0.471. The van der Waals surface area contributed by atoms with Gasteiger partial charge in [-0.2, -0.15) is 0 Å². The summed E-state index contributed by atoms with van der Waals surface area (Å²) in [6.07, 6.45) is 5.12. The highest BCUT2D eigenvalue weighted by Crippen LogP contribution is 2.25. The maximum atomic E-state index is 5.58. The molecule has 0 bridgehead atoms. The number of hydrogen-bond donors (Lipinski definition) is 1. The van der Waals surface area contributed by atoms with Gasteiger partial charge in [0, 0.05) is 34.5 Å². The summed E-state index contributed by atoms with van der Waals surface area (Å²) < 4.78 is 6.28. The molecule has 0 saturated heterocycles. The first kappa shape index (κ1) is 9.43. The fourth-order valence-corrected chi connectivity index (χ4v) is 1.65. The highest BCUT2D eigenvalue weighted by molar-refractivity contribution is 9.10. The van der Waals surface area contributed by atoms with Gasteiger partial charge in [-0.3, -0.25) is 4.98 Å². The van der Waals surface area contributed by atoms with Crippen molar-refractivity contribution in [1.82, 2.24) is 4.98 Å².